The molecule has 14 heteroatoms. The van der Waals surface area contributed by atoms with Gasteiger partial charge in [0.25, 0.3) is 6.43 Å². The molecule has 1 aromatic carbocycles. The van der Waals surface area contributed by atoms with Gasteiger partial charge < -0.3 is 19.6 Å². The van der Waals surface area contributed by atoms with E-state index in [1.54, 1.807) is 46.4 Å². The number of pyridine rings is 2. The third-order valence-electron chi connectivity index (χ3n) is 7.57. The second-order valence-electron chi connectivity index (χ2n) is 12.4. The molecule has 1 fully saturated rings. The lowest BCUT2D eigenvalue weighted by atomic mass is 10.0. The zero-order valence-corrected chi connectivity index (χ0v) is 26.2. The van der Waals surface area contributed by atoms with E-state index in [4.69, 9.17) is 4.74 Å². The van der Waals surface area contributed by atoms with Gasteiger partial charge in [-0.05, 0) is 57.9 Å². The molecule has 0 saturated carbocycles. The summed E-state index contributed by atoms with van der Waals surface area (Å²) >= 11 is 0. The molecule has 5 rings (SSSR count). The summed E-state index contributed by atoms with van der Waals surface area (Å²) in [7, 11) is 0. The molecule has 0 aliphatic carbocycles. The van der Waals surface area contributed by atoms with Crippen LogP contribution < -0.4 is 10.6 Å². The largest absolute Gasteiger partial charge is 0.507 e. The highest BCUT2D eigenvalue weighted by Crippen LogP contribution is 2.38. The Bertz CT molecular complexity index is 1830. The number of halogens is 4. The van der Waals surface area contributed by atoms with E-state index in [-0.39, 0.29) is 47.9 Å². The number of rotatable bonds is 5. The summed E-state index contributed by atoms with van der Waals surface area (Å²) in [4.78, 5) is 42.8. The number of fused-ring (bicyclic) bond motifs is 1. The fraction of sp³-hybridized carbons (Fsp3) is 0.406. The minimum absolute atomic E-state index is 0.00289. The fourth-order valence-corrected chi connectivity index (χ4v) is 5.54. The minimum Gasteiger partial charge on any atom is -0.507 e. The van der Waals surface area contributed by atoms with Crippen molar-refractivity contribution in [2.45, 2.75) is 65.5 Å². The van der Waals surface area contributed by atoms with Crippen molar-refractivity contribution < 1.29 is 32.2 Å². The average molecular weight is 643 g/mol. The number of carbonyl (C=O) groups is 1. The van der Waals surface area contributed by atoms with E-state index in [9.17, 15) is 27.9 Å². The molecule has 46 heavy (non-hydrogen) atoms. The maximum atomic E-state index is 15.9. The number of carbonyl (C=O) groups excluding carboxylic acids is 1. The molecular weight excluding hydrogens is 608 g/mol. The molecule has 1 amide bonds. The Morgan fingerprint density at radius 1 is 1.09 bits per heavy atom. The van der Waals surface area contributed by atoms with Crippen LogP contribution in [0.1, 0.15) is 65.1 Å². The summed E-state index contributed by atoms with van der Waals surface area (Å²) in [5.41, 5.74) is -3.89. The number of nitrogens with zero attached hydrogens (tertiary/aromatic N) is 6. The van der Waals surface area contributed by atoms with Crippen LogP contribution in [-0.2, 0) is 4.74 Å². The van der Waals surface area contributed by atoms with Gasteiger partial charge >= 0.3 is 11.8 Å². The van der Waals surface area contributed by atoms with E-state index in [0.717, 1.165) is 28.8 Å². The average Bonchev–Trinajstić information content (AvgIpc) is 2.96. The molecule has 10 nitrogen and oxygen atoms in total. The quantitative estimate of drug-likeness (QED) is 0.251. The third kappa shape index (κ3) is 6.07. The zero-order chi connectivity index (χ0) is 33.7. The predicted octanol–water partition coefficient (Wildman–Crippen LogP) is 6.33. The van der Waals surface area contributed by atoms with Crippen molar-refractivity contribution in [2.75, 3.05) is 24.5 Å². The van der Waals surface area contributed by atoms with Crippen molar-refractivity contribution in [1.29, 1.82) is 0 Å². The van der Waals surface area contributed by atoms with E-state index in [2.05, 4.69) is 15.0 Å². The summed E-state index contributed by atoms with van der Waals surface area (Å²) in [5, 5.41) is 10.4. The Labute approximate surface area is 262 Å². The summed E-state index contributed by atoms with van der Waals surface area (Å²) in [6.07, 6.45) is -2.35. The number of aromatic hydroxyl groups is 1. The van der Waals surface area contributed by atoms with Crippen LogP contribution in [0, 0.1) is 11.6 Å². The number of ether oxygens (including phenoxy) is 1. The zero-order valence-electron chi connectivity index (χ0n) is 26.2. The number of phenols is 1. The van der Waals surface area contributed by atoms with E-state index in [1.165, 1.54) is 17.2 Å². The van der Waals surface area contributed by atoms with Gasteiger partial charge in [0.05, 0.1) is 22.3 Å². The van der Waals surface area contributed by atoms with Gasteiger partial charge in [-0.1, -0.05) is 19.9 Å². The van der Waals surface area contributed by atoms with Crippen LogP contribution in [0.4, 0.5) is 28.2 Å². The molecule has 1 N–H and O–H groups in total. The Kier molecular flexibility index (Phi) is 8.67. The van der Waals surface area contributed by atoms with Crippen LogP contribution in [0.3, 0.4) is 0 Å². The molecule has 0 radical (unpaired) electrons. The molecule has 4 aromatic rings. The normalized spacial score (nSPS) is 15.7. The number of benzene rings is 1. The first-order valence-electron chi connectivity index (χ1n) is 14.7. The van der Waals surface area contributed by atoms with E-state index in [1.807, 2.05) is 0 Å². The van der Waals surface area contributed by atoms with Crippen molar-refractivity contribution in [3.8, 4) is 22.7 Å². The van der Waals surface area contributed by atoms with Gasteiger partial charge in [0.1, 0.15) is 28.7 Å². The molecule has 1 aliphatic rings. The Morgan fingerprint density at radius 2 is 1.80 bits per heavy atom. The molecule has 0 bridgehead atoms. The molecule has 0 spiro atoms. The Morgan fingerprint density at radius 3 is 2.41 bits per heavy atom. The first-order valence-corrected chi connectivity index (χ1v) is 14.7. The summed E-state index contributed by atoms with van der Waals surface area (Å²) in [6, 6.07) is 4.98. The van der Waals surface area contributed by atoms with Crippen LogP contribution in [0.15, 0.2) is 41.3 Å². The van der Waals surface area contributed by atoms with Gasteiger partial charge in [-0.2, -0.15) is 4.98 Å². The van der Waals surface area contributed by atoms with Gasteiger partial charge in [-0.3, -0.25) is 4.98 Å². The van der Waals surface area contributed by atoms with Gasteiger partial charge in [-0.15, -0.1) is 0 Å². The van der Waals surface area contributed by atoms with Crippen molar-refractivity contribution in [3.05, 3.63) is 69.9 Å². The maximum Gasteiger partial charge on any atom is 0.410 e. The number of phenolic OH excluding ortho intramolecular Hbond substituents is 1. The maximum absolute atomic E-state index is 15.9. The van der Waals surface area contributed by atoms with Crippen molar-refractivity contribution in [1.82, 2.24) is 24.4 Å². The van der Waals surface area contributed by atoms with Crippen LogP contribution in [0.5, 0.6) is 5.75 Å². The van der Waals surface area contributed by atoms with Gasteiger partial charge in [0, 0.05) is 37.4 Å². The molecule has 1 aliphatic heterocycles. The predicted molar refractivity (Wildman–Crippen MR) is 164 cm³/mol. The lowest BCUT2D eigenvalue weighted by Crippen LogP contribution is -2.55. The fourth-order valence-electron chi connectivity index (χ4n) is 5.54. The standard InChI is InChI=1S/C32H34F4N6O4/c1-16(2)24-26(18(27(35)36)10-11-37-24)42-29-19(14-21(34)25(38-29)23-20(33)8-7-9-22(23)43)28(39-30(42)44)41-13-12-40(15-17(41)3)31(45)46-32(4,5)6/h7-11,14,16-17,27,43H,12-13,15H2,1-6H3. The molecule has 1 saturated heterocycles. The first-order chi connectivity index (χ1) is 21.6. The van der Waals surface area contributed by atoms with Crippen molar-refractivity contribution in [2.24, 2.45) is 0 Å². The van der Waals surface area contributed by atoms with Crippen LogP contribution in [0.2, 0.25) is 0 Å². The molecule has 3 aromatic heterocycles. The summed E-state index contributed by atoms with van der Waals surface area (Å²) in [6.45, 7) is 11.0. The van der Waals surface area contributed by atoms with Gasteiger partial charge in [0.2, 0.25) is 0 Å². The molecule has 244 valence electrons. The number of amides is 1. The highest BCUT2D eigenvalue weighted by atomic mass is 19.3. The van der Waals surface area contributed by atoms with Crippen molar-refractivity contribution >= 4 is 22.9 Å². The number of anilines is 1. The Balaban J connectivity index is 1.78. The number of aromatic nitrogens is 4. The smallest absolute Gasteiger partial charge is 0.410 e. The number of hydrogen-bond acceptors (Lipinski definition) is 8. The summed E-state index contributed by atoms with van der Waals surface area (Å²) < 4.78 is 66.1. The van der Waals surface area contributed by atoms with Crippen LogP contribution in [-0.4, -0.2) is 66.9 Å². The van der Waals surface area contributed by atoms with E-state index >= 15 is 4.39 Å². The molecule has 4 heterocycles. The second-order valence-corrected chi connectivity index (χ2v) is 12.4. The molecule has 1 unspecified atom stereocenters. The van der Waals surface area contributed by atoms with E-state index < -0.39 is 70.0 Å². The van der Waals surface area contributed by atoms with Crippen molar-refractivity contribution in [3.63, 3.8) is 0 Å². The number of alkyl halides is 2. The highest BCUT2D eigenvalue weighted by molar-refractivity contribution is 5.91. The number of piperazine rings is 1. The lowest BCUT2D eigenvalue weighted by molar-refractivity contribution is 0.0218. The Hall–Kier alpha value is -4.75. The van der Waals surface area contributed by atoms with Gasteiger partial charge in [-0.25, -0.2) is 36.7 Å². The summed E-state index contributed by atoms with van der Waals surface area (Å²) in [5.74, 6) is -3.09. The topological polar surface area (TPSA) is 114 Å². The first kappa shape index (κ1) is 32.6. The highest BCUT2D eigenvalue weighted by Gasteiger charge is 2.34. The number of hydrogen-bond donors (Lipinski definition) is 1. The third-order valence-corrected chi connectivity index (χ3v) is 7.57. The van der Waals surface area contributed by atoms with Crippen LogP contribution in [0.25, 0.3) is 28.0 Å². The lowest BCUT2D eigenvalue weighted by Gasteiger charge is -2.41. The van der Waals surface area contributed by atoms with Gasteiger partial charge in [0.15, 0.2) is 11.5 Å². The minimum atomic E-state index is -3.03. The SMILES string of the molecule is CC(C)c1nccc(C(F)F)c1-n1c(=O)nc(N2CCN(C(=O)OC(C)(C)C)CC2C)c2cc(F)c(-c3c(O)cccc3F)nc21. The van der Waals surface area contributed by atoms with E-state index in [0.29, 0.717) is 0 Å². The monoisotopic (exact) mass is 642 g/mol. The molecule has 1 atom stereocenters. The van der Waals surface area contributed by atoms with Crippen LogP contribution >= 0.6 is 0 Å². The molecular formula is C32H34F4N6O4. The second kappa shape index (κ2) is 12.2.